The molecule has 12 atom stereocenters. The van der Waals surface area contributed by atoms with Crippen molar-refractivity contribution in [1.29, 1.82) is 0 Å². The highest BCUT2D eigenvalue weighted by Gasteiger charge is 2.68. The predicted molar refractivity (Wildman–Crippen MR) is 150 cm³/mol. The number of hydrogen-bond donors (Lipinski definition) is 4. The first-order chi connectivity index (χ1) is 18.6. The number of ether oxygens (including phenoxy) is 1. The molecule has 6 rings (SSSR count). The molecule has 4 N–H and O–H groups in total. The van der Waals surface area contributed by atoms with Crippen molar-refractivity contribution in [3.8, 4) is 0 Å². The molecule has 7 nitrogen and oxygen atoms in total. The van der Waals surface area contributed by atoms with E-state index < -0.39 is 0 Å². The number of piperidine rings is 1. The summed E-state index contributed by atoms with van der Waals surface area (Å²) in [6, 6.07) is 0.175. The molecule has 0 bridgehead atoms. The van der Waals surface area contributed by atoms with Crippen LogP contribution in [0, 0.1) is 52.3 Å². The summed E-state index contributed by atoms with van der Waals surface area (Å²) in [7, 11) is 0. The number of aliphatic hydroxyl groups is 1. The van der Waals surface area contributed by atoms with Gasteiger partial charge in [-0.2, -0.15) is 0 Å². The van der Waals surface area contributed by atoms with E-state index in [2.05, 4.69) is 43.6 Å². The minimum atomic E-state index is -0.313. The summed E-state index contributed by atoms with van der Waals surface area (Å²) in [5.41, 5.74) is 0.666. The highest BCUT2D eigenvalue weighted by atomic mass is 16.5. The molecule has 4 aliphatic carbocycles. The van der Waals surface area contributed by atoms with Crippen LogP contribution in [-0.4, -0.2) is 54.5 Å². The number of hydrogen-bond acceptors (Lipinski definition) is 5. The Labute approximate surface area is 235 Å². The summed E-state index contributed by atoms with van der Waals surface area (Å²) < 4.78 is 7.05. The van der Waals surface area contributed by atoms with Crippen LogP contribution in [0.3, 0.4) is 0 Å². The lowest BCUT2D eigenvalue weighted by Crippen LogP contribution is -2.58. The summed E-state index contributed by atoms with van der Waals surface area (Å²) in [6.07, 6.45) is 12.5. The van der Waals surface area contributed by atoms with Crippen LogP contribution < -0.4 is 16.0 Å². The zero-order valence-corrected chi connectivity index (χ0v) is 24.8. The summed E-state index contributed by atoms with van der Waals surface area (Å²) in [5, 5.41) is 18.5. The van der Waals surface area contributed by atoms with Crippen molar-refractivity contribution < 1.29 is 19.4 Å². The van der Waals surface area contributed by atoms with Gasteiger partial charge in [-0.1, -0.05) is 27.7 Å². The largest absolute Gasteiger partial charge is 0.395 e. The van der Waals surface area contributed by atoms with Crippen LogP contribution in [0.25, 0.3) is 0 Å². The maximum atomic E-state index is 12.5. The van der Waals surface area contributed by atoms with Crippen molar-refractivity contribution in [1.82, 2.24) is 16.0 Å². The molecule has 2 heterocycles. The molecule has 7 heteroatoms. The fourth-order valence-electron chi connectivity index (χ4n) is 11.3. The third-order valence-corrected chi connectivity index (χ3v) is 13.3. The van der Waals surface area contributed by atoms with Gasteiger partial charge in [-0.25, -0.2) is 0 Å². The van der Waals surface area contributed by atoms with E-state index >= 15 is 0 Å². The van der Waals surface area contributed by atoms with Gasteiger partial charge >= 0.3 is 0 Å². The Kier molecular flexibility index (Phi) is 7.36. The Hall–Kier alpha value is -1.18. The van der Waals surface area contributed by atoms with Crippen molar-refractivity contribution >= 4 is 11.8 Å². The van der Waals surface area contributed by atoms with Gasteiger partial charge in [-0.15, -0.1) is 0 Å². The van der Waals surface area contributed by atoms with Gasteiger partial charge in [-0.05, 0) is 111 Å². The molecule has 220 valence electrons. The Bertz CT molecular complexity index is 950. The normalized spacial score (nSPS) is 50.4. The number of rotatable bonds is 5. The Morgan fingerprint density at radius 3 is 2.49 bits per heavy atom. The van der Waals surface area contributed by atoms with Gasteiger partial charge in [0.25, 0.3) is 0 Å². The maximum absolute atomic E-state index is 12.5. The van der Waals surface area contributed by atoms with Crippen LogP contribution in [0.2, 0.25) is 0 Å². The second kappa shape index (κ2) is 10.3. The molecular formula is C32H53N3O4. The predicted octanol–water partition coefficient (Wildman–Crippen LogP) is 3.99. The number of amides is 2. The SMILES string of the molecule is C[C@@H]1CC[C@@]2(NC1)O[C@H]1C[C@H]3[C@@H]4CC[C@H]5CC(NC(=O)CC(=O)NCCO)CC[C@]5(C)[C@H]4CC[C@]3(C)[C@H]1[C@@H]2C. The molecule has 6 fully saturated rings. The molecule has 2 aliphatic heterocycles. The summed E-state index contributed by atoms with van der Waals surface area (Å²) in [6.45, 7) is 11.3. The van der Waals surface area contributed by atoms with Crippen LogP contribution >= 0.6 is 0 Å². The van der Waals surface area contributed by atoms with Gasteiger partial charge in [-0.3, -0.25) is 14.9 Å². The summed E-state index contributed by atoms with van der Waals surface area (Å²) >= 11 is 0. The van der Waals surface area contributed by atoms with E-state index in [0.29, 0.717) is 34.7 Å². The van der Waals surface area contributed by atoms with Gasteiger partial charge in [0.15, 0.2) is 0 Å². The fraction of sp³-hybridized carbons (Fsp3) is 0.938. The molecule has 4 saturated carbocycles. The van der Waals surface area contributed by atoms with E-state index in [-0.39, 0.29) is 43.2 Å². The smallest absolute Gasteiger partial charge is 0.229 e. The third kappa shape index (κ3) is 4.57. The standard InChI is InChI=1S/C32H53N3O4/c1-19-7-12-32(34-18-19)20(2)29-26(39-32)16-25-23-6-5-21-15-22(35-28(38)17-27(37)33-13-14-36)8-10-30(21,3)24(23)9-11-31(25,29)4/h19-26,29,34,36H,5-18H2,1-4H3,(H,33,37)(H,35,38)/t19-,20+,21+,22?,23-,24+,25+,26+,29+,30+,31+,32-/m1/s1. The van der Waals surface area contributed by atoms with Crippen molar-refractivity contribution in [2.24, 2.45) is 52.3 Å². The third-order valence-electron chi connectivity index (χ3n) is 13.3. The van der Waals surface area contributed by atoms with Crippen LogP contribution in [0.4, 0.5) is 0 Å². The number of carbonyl (C=O) groups excluding carboxylic acids is 2. The van der Waals surface area contributed by atoms with Gasteiger partial charge < -0.3 is 20.5 Å². The van der Waals surface area contributed by atoms with Crippen molar-refractivity contribution in [2.45, 2.75) is 116 Å². The van der Waals surface area contributed by atoms with Crippen molar-refractivity contribution in [3.63, 3.8) is 0 Å². The number of nitrogens with one attached hydrogen (secondary N) is 3. The lowest BCUT2D eigenvalue weighted by molar-refractivity contribution is -0.137. The molecule has 2 saturated heterocycles. The molecule has 0 aromatic heterocycles. The second-order valence-corrected chi connectivity index (χ2v) is 15.1. The van der Waals surface area contributed by atoms with E-state index in [4.69, 9.17) is 9.84 Å². The van der Waals surface area contributed by atoms with Crippen LogP contribution in [0.1, 0.15) is 98.3 Å². The number of fused-ring (bicyclic) bond motifs is 7. The van der Waals surface area contributed by atoms with Crippen molar-refractivity contribution in [3.05, 3.63) is 0 Å². The number of carbonyl (C=O) groups is 2. The minimum Gasteiger partial charge on any atom is -0.395 e. The van der Waals surface area contributed by atoms with Crippen LogP contribution in [0.5, 0.6) is 0 Å². The molecule has 0 radical (unpaired) electrons. The van der Waals surface area contributed by atoms with E-state index in [1.54, 1.807) is 0 Å². The first kappa shape index (κ1) is 28.0. The molecule has 39 heavy (non-hydrogen) atoms. The molecule has 1 spiro atoms. The van der Waals surface area contributed by atoms with E-state index in [9.17, 15) is 9.59 Å². The minimum absolute atomic E-state index is 0.0847. The zero-order chi connectivity index (χ0) is 27.6. The van der Waals surface area contributed by atoms with Crippen molar-refractivity contribution in [2.75, 3.05) is 19.7 Å². The highest BCUT2D eigenvalue weighted by Crippen LogP contribution is 2.71. The first-order valence-electron chi connectivity index (χ1n) is 16.2. The number of aliphatic hydroxyl groups excluding tert-OH is 1. The lowest BCUT2D eigenvalue weighted by atomic mass is 9.44. The molecule has 2 amide bonds. The molecular weight excluding hydrogens is 490 g/mol. The Morgan fingerprint density at radius 1 is 0.949 bits per heavy atom. The maximum Gasteiger partial charge on any atom is 0.229 e. The summed E-state index contributed by atoms with van der Waals surface area (Å²) in [4.78, 5) is 24.4. The van der Waals surface area contributed by atoms with Gasteiger partial charge in [0, 0.05) is 25.0 Å². The van der Waals surface area contributed by atoms with Crippen LogP contribution in [0.15, 0.2) is 0 Å². The second-order valence-electron chi connectivity index (χ2n) is 15.1. The average Bonchev–Trinajstić information content (AvgIpc) is 3.34. The average molecular weight is 544 g/mol. The first-order valence-corrected chi connectivity index (χ1v) is 16.2. The quantitative estimate of drug-likeness (QED) is 0.393. The van der Waals surface area contributed by atoms with Gasteiger partial charge in [0.2, 0.25) is 11.8 Å². The van der Waals surface area contributed by atoms with Crippen LogP contribution in [-0.2, 0) is 14.3 Å². The van der Waals surface area contributed by atoms with E-state index in [1.807, 2.05) is 0 Å². The molecule has 6 aliphatic rings. The monoisotopic (exact) mass is 543 g/mol. The van der Waals surface area contributed by atoms with E-state index in [1.165, 1.54) is 51.4 Å². The molecule has 0 aromatic rings. The lowest BCUT2D eigenvalue weighted by Gasteiger charge is -2.61. The van der Waals surface area contributed by atoms with E-state index in [0.717, 1.165) is 43.1 Å². The topological polar surface area (TPSA) is 99.7 Å². The Morgan fingerprint density at radius 2 is 1.74 bits per heavy atom. The highest BCUT2D eigenvalue weighted by molar-refractivity contribution is 5.96. The zero-order valence-electron chi connectivity index (χ0n) is 24.8. The summed E-state index contributed by atoms with van der Waals surface area (Å²) in [5.74, 6) is 4.53. The van der Waals surface area contributed by atoms with Gasteiger partial charge in [0.05, 0.1) is 12.7 Å². The fourth-order valence-corrected chi connectivity index (χ4v) is 11.3. The Balaban J connectivity index is 1.10. The molecule has 1 unspecified atom stereocenters. The molecule has 0 aromatic carbocycles. The van der Waals surface area contributed by atoms with Gasteiger partial charge in [0.1, 0.15) is 12.1 Å².